The molecule has 0 spiro atoms. The van der Waals surface area contributed by atoms with Crippen LogP contribution in [0.1, 0.15) is 109 Å². The Morgan fingerprint density at radius 3 is 1.96 bits per heavy atom. The molecule has 0 fully saturated rings. The predicted molar refractivity (Wildman–Crippen MR) is 114 cm³/mol. The summed E-state index contributed by atoms with van der Waals surface area (Å²) in [6.07, 6.45) is 21.2. The molecular weight excluding hydrogens is 334 g/mol. The molecule has 0 saturated carbocycles. The van der Waals surface area contributed by atoms with Gasteiger partial charge in [0.15, 0.2) is 0 Å². The number of carbonyl (C=O) groups is 1. The minimum absolute atomic E-state index is 0.0905. The Balaban J connectivity index is 1.78. The van der Waals surface area contributed by atoms with Crippen molar-refractivity contribution in [3.8, 4) is 0 Å². The molecule has 0 unspecified atom stereocenters. The highest BCUT2D eigenvalue weighted by molar-refractivity contribution is 5.69. The zero-order chi connectivity index (χ0) is 19.6. The molecule has 0 bridgehead atoms. The van der Waals surface area contributed by atoms with Crippen LogP contribution in [0.2, 0.25) is 0 Å². The van der Waals surface area contributed by atoms with Crippen LogP contribution in [0.4, 0.5) is 0 Å². The molecule has 1 aromatic heterocycles. The number of hydrogen-bond acceptors (Lipinski definition) is 3. The van der Waals surface area contributed by atoms with Gasteiger partial charge in [0, 0.05) is 24.4 Å². The van der Waals surface area contributed by atoms with Gasteiger partial charge in [0.05, 0.1) is 0 Å². The second-order valence-electron chi connectivity index (χ2n) is 8.20. The minimum atomic E-state index is -0.0905. The highest BCUT2D eigenvalue weighted by Gasteiger charge is 2.03. The highest BCUT2D eigenvalue weighted by atomic mass is 16.5. The highest BCUT2D eigenvalue weighted by Crippen LogP contribution is 2.14. The summed E-state index contributed by atoms with van der Waals surface area (Å²) in [4.78, 5) is 15.7. The van der Waals surface area contributed by atoms with Crippen LogP contribution in [0.3, 0.4) is 0 Å². The van der Waals surface area contributed by atoms with Gasteiger partial charge < -0.3 is 4.74 Å². The molecule has 154 valence electrons. The smallest absolute Gasteiger partial charge is 0.306 e. The Bertz CT molecular complexity index is 459. The average Bonchev–Trinajstić information content (AvgIpc) is 2.67. The van der Waals surface area contributed by atoms with Crippen molar-refractivity contribution in [1.82, 2.24) is 4.98 Å². The van der Waals surface area contributed by atoms with Crippen LogP contribution in [0.15, 0.2) is 24.5 Å². The van der Waals surface area contributed by atoms with Gasteiger partial charge in [-0.2, -0.15) is 0 Å². The van der Waals surface area contributed by atoms with E-state index in [9.17, 15) is 4.79 Å². The van der Waals surface area contributed by atoms with Gasteiger partial charge in [0.1, 0.15) is 6.61 Å². The fourth-order valence-electron chi connectivity index (χ4n) is 3.31. The fraction of sp³-hybridized carbons (Fsp3) is 0.750. The summed E-state index contributed by atoms with van der Waals surface area (Å²) in [7, 11) is 0. The molecule has 1 aromatic rings. The van der Waals surface area contributed by atoms with E-state index in [1.165, 1.54) is 70.6 Å². The Labute approximate surface area is 167 Å². The van der Waals surface area contributed by atoms with Gasteiger partial charge in [0.25, 0.3) is 0 Å². The summed E-state index contributed by atoms with van der Waals surface area (Å²) in [5, 5.41) is 0. The first kappa shape index (κ1) is 23.7. The number of carbonyl (C=O) groups excluding carboxylic acids is 1. The van der Waals surface area contributed by atoms with E-state index in [2.05, 4.69) is 18.8 Å². The average molecular weight is 376 g/mol. The van der Waals surface area contributed by atoms with Crippen molar-refractivity contribution >= 4 is 5.97 Å². The van der Waals surface area contributed by atoms with Gasteiger partial charge >= 0.3 is 5.97 Å². The largest absolute Gasteiger partial charge is 0.461 e. The van der Waals surface area contributed by atoms with Crippen molar-refractivity contribution in [2.75, 3.05) is 0 Å². The van der Waals surface area contributed by atoms with Gasteiger partial charge in [-0.25, -0.2) is 0 Å². The zero-order valence-corrected chi connectivity index (χ0v) is 17.8. The van der Waals surface area contributed by atoms with Crippen LogP contribution in [0.5, 0.6) is 0 Å². The third-order valence-corrected chi connectivity index (χ3v) is 5.03. The lowest BCUT2D eigenvalue weighted by Gasteiger charge is -2.05. The fourth-order valence-corrected chi connectivity index (χ4v) is 3.31. The number of unbranched alkanes of at least 4 members (excludes halogenated alkanes) is 11. The SMILES string of the molecule is CC(C)CCCCCCCCCCCCCCC(=O)OCc1cccnc1. The second-order valence-corrected chi connectivity index (χ2v) is 8.20. The first-order chi connectivity index (χ1) is 13.2. The Morgan fingerprint density at radius 1 is 0.889 bits per heavy atom. The Hall–Kier alpha value is -1.38. The number of esters is 1. The van der Waals surface area contributed by atoms with Crippen molar-refractivity contribution in [2.24, 2.45) is 5.92 Å². The molecular formula is C24H41NO2. The van der Waals surface area contributed by atoms with Crippen LogP contribution in [-0.4, -0.2) is 11.0 Å². The van der Waals surface area contributed by atoms with Gasteiger partial charge in [-0.1, -0.05) is 97.0 Å². The summed E-state index contributed by atoms with van der Waals surface area (Å²) in [6.45, 7) is 4.97. The summed E-state index contributed by atoms with van der Waals surface area (Å²) in [6, 6.07) is 3.78. The first-order valence-corrected chi connectivity index (χ1v) is 11.2. The number of rotatable bonds is 17. The number of ether oxygens (including phenoxy) is 1. The standard InChI is InChI=1S/C24H41NO2/c1-22(2)16-13-11-9-7-5-3-4-6-8-10-12-14-18-24(26)27-21-23-17-15-19-25-20-23/h15,17,19-20,22H,3-14,16,18,21H2,1-2H3. The number of aromatic nitrogens is 1. The molecule has 0 N–H and O–H groups in total. The van der Waals surface area contributed by atoms with Gasteiger partial charge in [-0.05, 0) is 18.4 Å². The lowest BCUT2D eigenvalue weighted by molar-refractivity contribution is -0.145. The zero-order valence-electron chi connectivity index (χ0n) is 17.8. The molecule has 3 heteroatoms. The molecule has 0 aliphatic carbocycles. The molecule has 3 nitrogen and oxygen atoms in total. The molecule has 1 heterocycles. The number of nitrogens with zero attached hydrogens (tertiary/aromatic N) is 1. The quantitative estimate of drug-likeness (QED) is 0.213. The summed E-state index contributed by atoms with van der Waals surface area (Å²) >= 11 is 0. The van der Waals surface area contributed by atoms with Crippen LogP contribution in [0.25, 0.3) is 0 Å². The van der Waals surface area contributed by atoms with Crippen LogP contribution < -0.4 is 0 Å². The summed E-state index contributed by atoms with van der Waals surface area (Å²) in [5.74, 6) is 0.773. The molecule has 27 heavy (non-hydrogen) atoms. The van der Waals surface area contributed by atoms with Crippen LogP contribution in [-0.2, 0) is 16.1 Å². The molecule has 0 aromatic carbocycles. The van der Waals surface area contributed by atoms with Crippen LogP contribution >= 0.6 is 0 Å². The minimum Gasteiger partial charge on any atom is -0.461 e. The topological polar surface area (TPSA) is 39.2 Å². The lowest BCUT2D eigenvalue weighted by atomic mass is 10.0. The van der Waals surface area contributed by atoms with E-state index in [-0.39, 0.29) is 5.97 Å². The maximum atomic E-state index is 11.7. The van der Waals surface area contributed by atoms with Crippen molar-refractivity contribution in [3.63, 3.8) is 0 Å². The van der Waals surface area contributed by atoms with E-state index in [0.29, 0.717) is 13.0 Å². The van der Waals surface area contributed by atoms with E-state index in [0.717, 1.165) is 24.3 Å². The van der Waals surface area contributed by atoms with Gasteiger partial charge in [0.2, 0.25) is 0 Å². The lowest BCUT2D eigenvalue weighted by Crippen LogP contribution is -2.04. The monoisotopic (exact) mass is 375 g/mol. The summed E-state index contributed by atoms with van der Waals surface area (Å²) < 4.78 is 5.27. The maximum absolute atomic E-state index is 11.7. The molecule has 0 amide bonds. The van der Waals surface area contributed by atoms with E-state index in [4.69, 9.17) is 4.74 Å². The van der Waals surface area contributed by atoms with Crippen molar-refractivity contribution in [1.29, 1.82) is 0 Å². The van der Waals surface area contributed by atoms with E-state index < -0.39 is 0 Å². The normalized spacial score (nSPS) is 11.1. The molecule has 0 radical (unpaired) electrons. The second kappa shape index (κ2) is 16.8. The maximum Gasteiger partial charge on any atom is 0.306 e. The van der Waals surface area contributed by atoms with Gasteiger partial charge in [-0.15, -0.1) is 0 Å². The third-order valence-electron chi connectivity index (χ3n) is 5.03. The van der Waals surface area contributed by atoms with Gasteiger partial charge in [-0.3, -0.25) is 9.78 Å². The van der Waals surface area contributed by atoms with E-state index in [1.54, 1.807) is 12.4 Å². The number of pyridine rings is 1. The van der Waals surface area contributed by atoms with Crippen LogP contribution in [0, 0.1) is 5.92 Å². The Morgan fingerprint density at radius 2 is 1.44 bits per heavy atom. The Kier molecular flexibility index (Phi) is 14.7. The van der Waals surface area contributed by atoms with Crippen molar-refractivity contribution < 1.29 is 9.53 Å². The third kappa shape index (κ3) is 15.4. The summed E-state index contributed by atoms with van der Waals surface area (Å²) in [5.41, 5.74) is 0.946. The first-order valence-electron chi connectivity index (χ1n) is 11.2. The molecule has 0 aliphatic heterocycles. The molecule has 1 rings (SSSR count). The van der Waals surface area contributed by atoms with E-state index >= 15 is 0 Å². The van der Waals surface area contributed by atoms with E-state index in [1.807, 2.05) is 12.1 Å². The number of hydrogen-bond donors (Lipinski definition) is 0. The molecule has 0 atom stereocenters. The molecule has 0 aliphatic rings. The van der Waals surface area contributed by atoms with Crippen molar-refractivity contribution in [2.45, 2.75) is 110 Å². The predicted octanol–water partition coefficient (Wildman–Crippen LogP) is 7.24. The van der Waals surface area contributed by atoms with Crippen molar-refractivity contribution in [3.05, 3.63) is 30.1 Å². The molecule has 0 saturated heterocycles.